The molecule has 0 aromatic carbocycles. The van der Waals surface area contributed by atoms with Gasteiger partial charge >= 0.3 is 0 Å². The van der Waals surface area contributed by atoms with Crippen molar-refractivity contribution in [1.29, 1.82) is 0 Å². The molecule has 1 amide bonds. The number of aliphatic hydroxyl groups excluding tert-OH is 5. The zero-order chi connectivity index (χ0) is 35.2. The fourth-order valence-corrected chi connectivity index (χ4v) is 5.07. The van der Waals surface area contributed by atoms with Gasteiger partial charge in [-0.15, -0.1) is 0 Å². The molecule has 48 heavy (non-hydrogen) atoms. The maximum Gasteiger partial charge on any atom is 0.220 e. The van der Waals surface area contributed by atoms with Crippen LogP contribution in [0.1, 0.15) is 110 Å². The van der Waals surface area contributed by atoms with Crippen molar-refractivity contribution < 1.29 is 39.8 Å². The van der Waals surface area contributed by atoms with Gasteiger partial charge in [0.1, 0.15) is 24.4 Å². The number of carbonyl (C=O) groups is 1. The first kappa shape index (κ1) is 43.7. The van der Waals surface area contributed by atoms with Crippen LogP contribution < -0.4 is 5.32 Å². The normalized spacial score (nSPS) is 23.5. The summed E-state index contributed by atoms with van der Waals surface area (Å²) < 4.78 is 11.1. The molecule has 1 aliphatic heterocycles. The summed E-state index contributed by atoms with van der Waals surface area (Å²) in [5.74, 6) is -0.242. The first-order chi connectivity index (χ1) is 23.3. The Kier molecular flexibility index (Phi) is 26.9. The zero-order valence-electron chi connectivity index (χ0n) is 29.5. The first-order valence-electron chi connectivity index (χ1n) is 18.2. The molecular weight excluding hydrogens is 610 g/mol. The van der Waals surface area contributed by atoms with Gasteiger partial charge in [-0.05, 0) is 57.8 Å². The Morgan fingerprint density at radius 2 is 1.29 bits per heavy atom. The second-order valence-electron chi connectivity index (χ2n) is 12.3. The number of unbranched alkanes of at least 4 members (excludes halogenated alkanes) is 7. The summed E-state index contributed by atoms with van der Waals surface area (Å²) in [4.78, 5) is 12.8. The average molecular weight is 676 g/mol. The van der Waals surface area contributed by atoms with Gasteiger partial charge in [0.2, 0.25) is 5.91 Å². The van der Waals surface area contributed by atoms with Crippen LogP contribution in [-0.4, -0.2) is 87.5 Å². The SMILES string of the molecule is CC/C=C\C/C=C\C/C=C\C/C=C\C/C=C\CCCC(=O)NC(COC1OC(CO)C(O)C(O)C1O)C(O)/C=C/CCCCCCCC. The maximum atomic E-state index is 12.8. The Morgan fingerprint density at radius 1 is 0.729 bits per heavy atom. The van der Waals surface area contributed by atoms with Crippen molar-refractivity contribution in [3.05, 3.63) is 72.9 Å². The predicted octanol–water partition coefficient (Wildman–Crippen LogP) is 5.88. The van der Waals surface area contributed by atoms with Crippen molar-refractivity contribution in [3.63, 3.8) is 0 Å². The van der Waals surface area contributed by atoms with Crippen molar-refractivity contribution in [2.45, 2.75) is 153 Å². The molecule has 0 bridgehead atoms. The second-order valence-corrected chi connectivity index (χ2v) is 12.3. The van der Waals surface area contributed by atoms with Crippen LogP contribution in [0.15, 0.2) is 72.9 Å². The van der Waals surface area contributed by atoms with Gasteiger partial charge in [0.25, 0.3) is 0 Å². The van der Waals surface area contributed by atoms with E-state index in [2.05, 4.69) is 79.9 Å². The van der Waals surface area contributed by atoms with Gasteiger partial charge in [-0.3, -0.25) is 4.79 Å². The lowest BCUT2D eigenvalue weighted by atomic mass is 9.99. The Bertz CT molecular complexity index is 973. The number of ether oxygens (including phenoxy) is 2. The van der Waals surface area contributed by atoms with E-state index in [1.54, 1.807) is 6.08 Å². The van der Waals surface area contributed by atoms with Gasteiger partial charge in [0.05, 0.1) is 25.4 Å². The molecule has 7 unspecified atom stereocenters. The minimum absolute atomic E-state index is 0.217. The number of carbonyl (C=O) groups excluding carboxylic acids is 1. The minimum atomic E-state index is -1.58. The van der Waals surface area contributed by atoms with E-state index in [1.807, 2.05) is 6.08 Å². The summed E-state index contributed by atoms with van der Waals surface area (Å²) in [6, 6.07) is -0.834. The van der Waals surface area contributed by atoms with E-state index in [4.69, 9.17) is 9.47 Å². The molecule has 0 saturated carbocycles. The Hall–Kier alpha value is -2.37. The summed E-state index contributed by atoms with van der Waals surface area (Å²) in [6.07, 6.45) is 31.0. The molecule has 0 aromatic rings. The van der Waals surface area contributed by atoms with Crippen LogP contribution in [0.4, 0.5) is 0 Å². The molecule has 274 valence electrons. The summed E-state index contributed by atoms with van der Waals surface area (Å²) >= 11 is 0. The molecule has 1 aliphatic rings. The standard InChI is InChI=1S/C39H65NO8/c1-3-5-7-9-11-13-14-15-16-17-18-19-20-21-23-25-27-29-35(43)40-32(33(42)28-26-24-22-12-10-8-6-4-2)31-47-39-38(46)37(45)36(44)34(30-41)48-39/h5,7,11,13,15-16,18-19,21,23,26,28,32-34,36-39,41-42,44-46H,3-4,6,8-10,12,14,17,20,22,24-25,27,29-31H2,1-2H3,(H,40,43)/b7-5-,13-11-,16-15-,19-18-,23-21-,28-26+. The lowest BCUT2D eigenvalue weighted by Crippen LogP contribution is -2.60. The van der Waals surface area contributed by atoms with Crippen molar-refractivity contribution >= 4 is 5.91 Å². The molecule has 1 heterocycles. The van der Waals surface area contributed by atoms with Crippen LogP contribution in [0.3, 0.4) is 0 Å². The third-order valence-corrected chi connectivity index (χ3v) is 8.04. The van der Waals surface area contributed by atoms with E-state index in [0.717, 1.165) is 57.8 Å². The van der Waals surface area contributed by atoms with E-state index < -0.39 is 49.5 Å². The van der Waals surface area contributed by atoms with E-state index >= 15 is 0 Å². The van der Waals surface area contributed by atoms with Crippen LogP contribution in [0.5, 0.6) is 0 Å². The molecule has 9 heteroatoms. The number of hydrogen-bond acceptors (Lipinski definition) is 8. The molecule has 0 aromatic heterocycles. The number of rotatable bonds is 27. The Morgan fingerprint density at radius 3 is 1.90 bits per heavy atom. The number of amides is 1. The third kappa shape index (κ3) is 20.9. The number of allylic oxidation sites excluding steroid dienone is 11. The summed E-state index contributed by atoms with van der Waals surface area (Å²) in [5, 5.41) is 53.6. The van der Waals surface area contributed by atoms with Crippen molar-refractivity contribution in [2.24, 2.45) is 0 Å². The summed E-state index contributed by atoms with van der Waals surface area (Å²) in [7, 11) is 0. The van der Waals surface area contributed by atoms with Crippen LogP contribution in [0, 0.1) is 0 Å². The molecule has 9 nitrogen and oxygen atoms in total. The molecule has 7 atom stereocenters. The second kappa shape index (κ2) is 29.5. The quantitative estimate of drug-likeness (QED) is 0.0468. The molecular formula is C39H65NO8. The highest BCUT2D eigenvalue weighted by molar-refractivity contribution is 5.76. The van der Waals surface area contributed by atoms with Crippen molar-refractivity contribution in [1.82, 2.24) is 5.32 Å². The third-order valence-electron chi connectivity index (χ3n) is 8.04. The fraction of sp³-hybridized carbons (Fsp3) is 0.667. The van der Waals surface area contributed by atoms with E-state index in [1.165, 1.54) is 25.7 Å². The van der Waals surface area contributed by atoms with Crippen LogP contribution in [-0.2, 0) is 14.3 Å². The highest BCUT2D eigenvalue weighted by Crippen LogP contribution is 2.22. The number of hydrogen-bond donors (Lipinski definition) is 6. The largest absolute Gasteiger partial charge is 0.394 e. The van der Waals surface area contributed by atoms with Gasteiger partial charge in [-0.2, -0.15) is 0 Å². The summed E-state index contributed by atoms with van der Waals surface area (Å²) in [5.41, 5.74) is 0. The Balaban J connectivity index is 2.50. The van der Waals surface area contributed by atoms with Crippen molar-refractivity contribution in [3.8, 4) is 0 Å². The molecule has 1 fully saturated rings. The van der Waals surface area contributed by atoms with E-state index in [0.29, 0.717) is 6.42 Å². The van der Waals surface area contributed by atoms with E-state index in [9.17, 15) is 30.3 Å². The van der Waals surface area contributed by atoms with E-state index in [-0.39, 0.29) is 18.9 Å². The topological polar surface area (TPSA) is 149 Å². The zero-order valence-corrected chi connectivity index (χ0v) is 29.5. The van der Waals surface area contributed by atoms with Gasteiger partial charge in [0.15, 0.2) is 6.29 Å². The highest BCUT2D eigenvalue weighted by atomic mass is 16.7. The van der Waals surface area contributed by atoms with Gasteiger partial charge in [0, 0.05) is 6.42 Å². The van der Waals surface area contributed by atoms with Gasteiger partial charge in [-0.25, -0.2) is 0 Å². The maximum absolute atomic E-state index is 12.8. The lowest BCUT2D eigenvalue weighted by molar-refractivity contribution is -0.302. The molecule has 1 rings (SSSR count). The smallest absolute Gasteiger partial charge is 0.220 e. The number of nitrogens with one attached hydrogen (secondary N) is 1. The first-order valence-corrected chi connectivity index (χ1v) is 18.2. The lowest BCUT2D eigenvalue weighted by Gasteiger charge is -2.40. The monoisotopic (exact) mass is 675 g/mol. The molecule has 1 saturated heterocycles. The highest BCUT2D eigenvalue weighted by Gasteiger charge is 2.44. The molecule has 0 aliphatic carbocycles. The minimum Gasteiger partial charge on any atom is -0.394 e. The molecule has 0 radical (unpaired) electrons. The molecule has 6 N–H and O–H groups in total. The van der Waals surface area contributed by atoms with Gasteiger partial charge in [-0.1, -0.05) is 119 Å². The van der Waals surface area contributed by atoms with Crippen LogP contribution in [0.2, 0.25) is 0 Å². The predicted molar refractivity (Wildman–Crippen MR) is 193 cm³/mol. The fourth-order valence-electron chi connectivity index (χ4n) is 5.07. The average Bonchev–Trinajstić information content (AvgIpc) is 3.08. The summed E-state index contributed by atoms with van der Waals surface area (Å²) in [6.45, 7) is 3.53. The van der Waals surface area contributed by atoms with Crippen LogP contribution in [0.25, 0.3) is 0 Å². The Labute approximate surface area is 289 Å². The van der Waals surface area contributed by atoms with Crippen LogP contribution >= 0.6 is 0 Å². The number of aliphatic hydroxyl groups is 5. The van der Waals surface area contributed by atoms with Crippen molar-refractivity contribution in [2.75, 3.05) is 13.2 Å². The molecule has 0 spiro atoms. The van der Waals surface area contributed by atoms with Gasteiger partial charge < -0.3 is 40.3 Å².